The second kappa shape index (κ2) is 12.8. The van der Waals surface area contributed by atoms with Crippen LogP contribution in [0.4, 0.5) is 0 Å². The Labute approximate surface area is 197 Å². The fourth-order valence-corrected chi connectivity index (χ4v) is 5.56. The van der Waals surface area contributed by atoms with Gasteiger partial charge in [-0.3, -0.25) is 4.99 Å². The fraction of sp³-hybridized carbons (Fsp3) is 0.800. The number of aromatic nitrogens is 1. The maximum absolute atomic E-state index is 12.6. The van der Waals surface area contributed by atoms with Crippen molar-refractivity contribution in [1.82, 2.24) is 19.7 Å². The molecule has 1 aliphatic carbocycles. The van der Waals surface area contributed by atoms with Gasteiger partial charge in [0.1, 0.15) is 12.0 Å². The molecule has 2 aliphatic rings. The molecule has 1 N–H and O–H groups in total. The van der Waals surface area contributed by atoms with Crippen LogP contribution in [0.25, 0.3) is 0 Å². The van der Waals surface area contributed by atoms with E-state index in [1.807, 2.05) is 0 Å². The van der Waals surface area contributed by atoms with E-state index in [9.17, 15) is 8.42 Å². The van der Waals surface area contributed by atoms with E-state index in [1.165, 1.54) is 51.2 Å². The maximum atomic E-state index is 12.6. The van der Waals surface area contributed by atoms with Crippen LogP contribution in [0.1, 0.15) is 57.6 Å². The standard InChI is InChI=1S/C20H35N5O3S.HI/c1-2-21-20(22-16-18-8-6-4-3-5-7-9-18)24-11-13-25(14-12-24)29(26,27)17-19-10-15-28-23-19;/h10,15,18H,2-9,11-14,16-17H2,1H3,(H,21,22);1H. The van der Waals surface area contributed by atoms with Gasteiger partial charge in [-0.1, -0.05) is 37.3 Å². The highest BCUT2D eigenvalue weighted by Gasteiger charge is 2.29. The van der Waals surface area contributed by atoms with Crippen molar-refractivity contribution in [2.75, 3.05) is 39.3 Å². The number of halogens is 1. The van der Waals surface area contributed by atoms with Gasteiger partial charge in [0.15, 0.2) is 5.96 Å². The van der Waals surface area contributed by atoms with Crippen LogP contribution in [0, 0.1) is 5.92 Å². The van der Waals surface area contributed by atoms with Gasteiger partial charge in [0, 0.05) is 45.3 Å². The number of hydrogen-bond acceptors (Lipinski definition) is 5. The molecule has 0 aromatic carbocycles. The van der Waals surface area contributed by atoms with Gasteiger partial charge in [-0.15, -0.1) is 24.0 Å². The molecular weight excluding hydrogens is 517 g/mol. The van der Waals surface area contributed by atoms with Crippen molar-refractivity contribution in [3.63, 3.8) is 0 Å². The molecule has 8 nitrogen and oxygen atoms in total. The number of piperazine rings is 1. The number of aliphatic imine (C=N–C) groups is 1. The first-order valence-electron chi connectivity index (χ1n) is 11.0. The van der Waals surface area contributed by atoms with E-state index in [1.54, 1.807) is 10.4 Å². The Balaban J connectivity index is 0.00000320. The summed E-state index contributed by atoms with van der Waals surface area (Å²) in [5, 5.41) is 7.12. The smallest absolute Gasteiger partial charge is 0.220 e. The average Bonchev–Trinajstić information content (AvgIpc) is 3.18. The van der Waals surface area contributed by atoms with Crippen LogP contribution in [0.5, 0.6) is 0 Å². The van der Waals surface area contributed by atoms with Gasteiger partial charge < -0.3 is 14.7 Å². The minimum atomic E-state index is -3.38. The molecule has 0 bridgehead atoms. The lowest BCUT2D eigenvalue weighted by Gasteiger charge is -2.36. The molecule has 0 amide bonds. The molecule has 0 atom stereocenters. The van der Waals surface area contributed by atoms with Crippen LogP contribution >= 0.6 is 24.0 Å². The van der Waals surface area contributed by atoms with Crippen LogP contribution < -0.4 is 5.32 Å². The van der Waals surface area contributed by atoms with Crippen LogP contribution in [0.15, 0.2) is 21.8 Å². The number of guanidine groups is 1. The van der Waals surface area contributed by atoms with E-state index in [2.05, 4.69) is 22.3 Å². The predicted molar refractivity (Wildman–Crippen MR) is 129 cm³/mol. The summed E-state index contributed by atoms with van der Waals surface area (Å²) in [4.78, 5) is 7.11. The summed E-state index contributed by atoms with van der Waals surface area (Å²) < 4.78 is 31.6. The largest absolute Gasteiger partial charge is 0.364 e. The van der Waals surface area contributed by atoms with Crippen LogP contribution in [-0.4, -0.2) is 68.0 Å². The summed E-state index contributed by atoms with van der Waals surface area (Å²) in [5.41, 5.74) is 0.446. The minimum absolute atomic E-state index is 0. The van der Waals surface area contributed by atoms with Gasteiger partial charge in [-0.25, -0.2) is 8.42 Å². The maximum Gasteiger partial charge on any atom is 0.220 e. The highest BCUT2D eigenvalue weighted by atomic mass is 127. The van der Waals surface area contributed by atoms with Gasteiger partial charge in [0.2, 0.25) is 10.0 Å². The summed E-state index contributed by atoms with van der Waals surface area (Å²) in [5.74, 6) is 1.48. The summed E-state index contributed by atoms with van der Waals surface area (Å²) in [7, 11) is -3.38. The van der Waals surface area contributed by atoms with Crippen molar-refractivity contribution in [2.45, 2.75) is 57.6 Å². The molecule has 172 valence electrons. The van der Waals surface area contributed by atoms with Gasteiger partial charge >= 0.3 is 0 Å². The third-order valence-corrected chi connectivity index (χ3v) is 7.62. The summed E-state index contributed by atoms with van der Waals surface area (Å²) in [6, 6.07) is 1.60. The van der Waals surface area contributed by atoms with Crippen LogP contribution in [0.3, 0.4) is 0 Å². The molecule has 2 heterocycles. The average molecular weight is 554 g/mol. The number of nitrogens with one attached hydrogen (secondary N) is 1. The molecule has 0 spiro atoms. The van der Waals surface area contributed by atoms with E-state index in [0.717, 1.165) is 19.0 Å². The molecule has 2 fully saturated rings. The predicted octanol–water partition coefficient (Wildman–Crippen LogP) is 3.07. The first kappa shape index (κ1) is 25.4. The Kier molecular flexibility index (Phi) is 10.9. The van der Waals surface area contributed by atoms with Crippen molar-refractivity contribution in [3.05, 3.63) is 18.0 Å². The number of hydrogen-bond donors (Lipinski definition) is 1. The SMILES string of the molecule is CCNC(=NCC1CCCCCCC1)N1CCN(S(=O)(=O)Cc2ccon2)CC1.I. The van der Waals surface area contributed by atoms with E-state index in [4.69, 9.17) is 9.52 Å². The molecule has 30 heavy (non-hydrogen) atoms. The zero-order chi connectivity index (χ0) is 20.5. The zero-order valence-electron chi connectivity index (χ0n) is 18.0. The molecule has 1 aliphatic heterocycles. The van der Waals surface area contributed by atoms with Crippen molar-refractivity contribution in [2.24, 2.45) is 10.9 Å². The quantitative estimate of drug-likeness (QED) is 0.331. The van der Waals surface area contributed by atoms with Crippen molar-refractivity contribution in [3.8, 4) is 0 Å². The van der Waals surface area contributed by atoms with Gasteiger partial charge in [-0.2, -0.15) is 4.31 Å². The second-order valence-corrected chi connectivity index (χ2v) is 10.0. The molecule has 0 unspecified atom stereocenters. The fourth-order valence-electron chi connectivity index (χ4n) is 4.13. The lowest BCUT2D eigenvalue weighted by molar-refractivity contribution is 0.259. The van der Waals surface area contributed by atoms with Gasteiger partial charge in [0.25, 0.3) is 0 Å². The van der Waals surface area contributed by atoms with Crippen LogP contribution in [-0.2, 0) is 15.8 Å². The van der Waals surface area contributed by atoms with Crippen molar-refractivity contribution < 1.29 is 12.9 Å². The van der Waals surface area contributed by atoms with Gasteiger partial charge in [-0.05, 0) is 25.7 Å². The lowest BCUT2D eigenvalue weighted by Crippen LogP contribution is -2.54. The summed E-state index contributed by atoms with van der Waals surface area (Å²) >= 11 is 0. The van der Waals surface area contributed by atoms with Crippen molar-refractivity contribution in [1.29, 1.82) is 0 Å². The second-order valence-electron chi connectivity index (χ2n) is 8.04. The summed E-state index contributed by atoms with van der Waals surface area (Å²) in [6.45, 7) is 5.98. The molecular formula is C20H36IN5O3S. The third-order valence-electron chi connectivity index (χ3n) is 5.81. The first-order valence-corrected chi connectivity index (χ1v) is 12.6. The Morgan fingerprint density at radius 2 is 1.83 bits per heavy atom. The zero-order valence-corrected chi connectivity index (χ0v) is 21.1. The monoisotopic (exact) mass is 553 g/mol. The van der Waals surface area contributed by atoms with E-state index in [-0.39, 0.29) is 29.7 Å². The Morgan fingerprint density at radius 3 is 2.43 bits per heavy atom. The molecule has 3 rings (SSSR count). The molecule has 10 heteroatoms. The number of sulfonamides is 1. The Morgan fingerprint density at radius 1 is 1.17 bits per heavy atom. The van der Waals surface area contributed by atoms with Gasteiger partial charge in [0.05, 0.1) is 5.69 Å². The van der Waals surface area contributed by atoms with Crippen LogP contribution in [0.2, 0.25) is 0 Å². The number of nitrogens with zero attached hydrogens (tertiary/aromatic N) is 4. The third kappa shape index (κ3) is 7.67. The normalized spacial score (nSPS) is 20.3. The topological polar surface area (TPSA) is 91.0 Å². The van der Waals surface area contributed by atoms with E-state index in [0.29, 0.717) is 37.8 Å². The highest BCUT2D eigenvalue weighted by Crippen LogP contribution is 2.22. The molecule has 1 saturated heterocycles. The Hall–Kier alpha value is -0.880. The molecule has 1 aromatic heterocycles. The highest BCUT2D eigenvalue weighted by molar-refractivity contribution is 14.0. The number of rotatable bonds is 6. The first-order chi connectivity index (χ1) is 14.1. The molecule has 0 radical (unpaired) electrons. The van der Waals surface area contributed by atoms with Crippen molar-refractivity contribution >= 4 is 40.0 Å². The summed E-state index contributed by atoms with van der Waals surface area (Å²) in [6.07, 6.45) is 10.7. The Bertz CT molecular complexity index is 726. The molecule has 1 saturated carbocycles. The van der Waals surface area contributed by atoms with E-state index >= 15 is 0 Å². The molecule has 1 aromatic rings. The minimum Gasteiger partial charge on any atom is -0.364 e. The van der Waals surface area contributed by atoms with E-state index < -0.39 is 10.0 Å². The lowest BCUT2D eigenvalue weighted by atomic mass is 9.91.